The van der Waals surface area contributed by atoms with E-state index in [1.165, 1.54) is 99.8 Å². The first-order valence-corrected chi connectivity index (χ1v) is 25.6. The van der Waals surface area contributed by atoms with Crippen LogP contribution >= 0.6 is 0 Å². The van der Waals surface area contributed by atoms with E-state index in [1.54, 1.807) is 0 Å². The highest BCUT2D eigenvalue weighted by Crippen LogP contribution is 2.59. The Morgan fingerprint density at radius 3 is 1.26 bits per heavy atom. The number of nitrogens with one attached hydrogen (secondary N) is 2. The number of benzene rings is 12. The van der Waals surface area contributed by atoms with Crippen molar-refractivity contribution in [2.75, 3.05) is 10.6 Å². The monoisotopic (exact) mass is 942 g/mol. The van der Waals surface area contributed by atoms with Crippen LogP contribution in [0.1, 0.15) is 44.5 Å². The summed E-state index contributed by atoms with van der Waals surface area (Å²) in [6.07, 6.45) is 0. The van der Waals surface area contributed by atoms with Crippen LogP contribution in [-0.2, 0) is 10.8 Å². The molecule has 2 aliphatic carbocycles. The summed E-state index contributed by atoms with van der Waals surface area (Å²) in [5.41, 5.74) is 23.2. The van der Waals surface area contributed by atoms with Crippen LogP contribution in [0.4, 0.5) is 22.7 Å². The minimum atomic E-state index is -0.535. The van der Waals surface area contributed by atoms with Gasteiger partial charge in [-0.15, -0.1) is 0 Å². The molecule has 0 saturated heterocycles. The molecule has 2 aliphatic rings. The Labute approximate surface area is 433 Å². The lowest BCUT2D eigenvalue weighted by Gasteiger charge is -2.34. The fourth-order valence-corrected chi connectivity index (χ4v) is 12.5. The van der Waals surface area contributed by atoms with Crippen molar-refractivity contribution in [2.24, 2.45) is 0 Å². The van der Waals surface area contributed by atoms with E-state index in [0.717, 1.165) is 22.7 Å². The molecular formula is C72H50N2. The van der Waals surface area contributed by atoms with Crippen molar-refractivity contribution in [1.29, 1.82) is 0 Å². The van der Waals surface area contributed by atoms with Gasteiger partial charge in [0, 0.05) is 28.1 Å². The third-order valence-electron chi connectivity index (χ3n) is 15.8. The molecule has 0 radical (unpaired) electrons. The summed E-state index contributed by atoms with van der Waals surface area (Å²) in [5.74, 6) is 0. The highest BCUT2D eigenvalue weighted by atomic mass is 14.9. The maximum atomic E-state index is 3.91. The molecule has 0 aliphatic heterocycles. The van der Waals surface area contributed by atoms with Crippen LogP contribution in [0.3, 0.4) is 0 Å². The van der Waals surface area contributed by atoms with Crippen LogP contribution in [0.25, 0.3) is 55.3 Å². The Morgan fingerprint density at radius 1 is 0.230 bits per heavy atom. The number of rotatable bonds is 10. The van der Waals surface area contributed by atoms with Crippen molar-refractivity contribution in [3.8, 4) is 44.5 Å². The smallest absolute Gasteiger partial charge is 0.0714 e. The molecule has 14 rings (SSSR count). The second kappa shape index (κ2) is 17.7. The molecule has 0 unspecified atom stereocenters. The van der Waals surface area contributed by atoms with Crippen LogP contribution in [0.15, 0.2) is 291 Å². The van der Waals surface area contributed by atoms with Crippen LogP contribution in [0.2, 0.25) is 0 Å². The van der Waals surface area contributed by atoms with Crippen molar-refractivity contribution in [2.45, 2.75) is 10.8 Å². The molecule has 12 aromatic carbocycles. The quantitative estimate of drug-likeness (QED) is 0.143. The van der Waals surface area contributed by atoms with Crippen molar-refractivity contribution in [3.05, 3.63) is 336 Å². The maximum absolute atomic E-state index is 3.91. The number of fused-ring (bicyclic) bond motifs is 7. The van der Waals surface area contributed by atoms with E-state index in [1.807, 2.05) is 0 Å². The summed E-state index contributed by atoms with van der Waals surface area (Å²) < 4.78 is 0. The summed E-state index contributed by atoms with van der Waals surface area (Å²) in [6, 6.07) is 107. The molecule has 2 nitrogen and oxygen atoms in total. The summed E-state index contributed by atoms with van der Waals surface area (Å²) in [4.78, 5) is 0. The molecule has 0 saturated carbocycles. The molecule has 74 heavy (non-hydrogen) atoms. The second-order valence-electron chi connectivity index (χ2n) is 19.7. The molecule has 0 bridgehead atoms. The highest BCUT2D eigenvalue weighted by molar-refractivity contribution is 5.99. The Kier molecular flexibility index (Phi) is 10.3. The van der Waals surface area contributed by atoms with Crippen LogP contribution < -0.4 is 10.6 Å². The van der Waals surface area contributed by atoms with Gasteiger partial charge in [-0.25, -0.2) is 0 Å². The lowest BCUT2D eigenvalue weighted by Crippen LogP contribution is -2.28. The molecule has 0 fully saturated rings. The van der Waals surface area contributed by atoms with Gasteiger partial charge in [-0.2, -0.15) is 0 Å². The van der Waals surface area contributed by atoms with E-state index < -0.39 is 10.8 Å². The van der Waals surface area contributed by atoms with Crippen molar-refractivity contribution in [1.82, 2.24) is 0 Å². The van der Waals surface area contributed by atoms with Gasteiger partial charge in [0.25, 0.3) is 0 Å². The first-order chi connectivity index (χ1) is 36.7. The number of hydrogen-bond donors (Lipinski definition) is 2. The fourth-order valence-electron chi connectivity index (χ4n) is 12.5. The van der Waals surface area contributed by atoms with Gasteiger partial charge in [0.15, 0.2) is 0 Å². The molecule has 2 N–H and O–H groups in total. The Morgan fingerprint density at radius 2 is 0.662 bits per heavy atom. The SMILES string of the molecule is c1ccc(-c2ccc(Nc3ccc4c(c3)C(c3ccccc3)(c3ccccc3)c3ccc(-c5ccc6c(Nc7ccc8c(c7)C(c7ccccc7)(c7ccccc7)c7ccccc7-8)cccc6c5)cc3-4)cc2)cc1. The lowest BCUT2D eigenvalue weighted by molar-refractivity contribution is 0.769. The minimum absolute atomic E-state index is 0.465. The van der Waals surface area contributed by atoms with Gasteiger partial charge in [-0.1, -0.05) is 237 Å². The standard InChI is InChI=1S/C72H50N2/c1-6-19-49(20-7-1)50-33-37-58(38-34-50)73-59-39-43-64-65-46-52(36-44-67(65)72(69(64)47-59,56-26-12-4-13-27-56)57-28-14-5-15-29-57)51-35-41-61-53(45-51)21-18-32-70(61)74-60-40-42-63-62-30-16-17-31-66(62)71(68(63)48-60,54-22-8-2-9-23-54)55-24-10-3-11-25-55/h1-48,73-74H. The Balaban J connectivity index is 0.843. The average Bonchev–Trinajstić information content (AvgIpc) is 4.03. The molecule has 0 spiro atoms. The van der Waals surface area contributed by atoms with E-state index in [4.69, 9.17) is 0 Å². The van der Waals surface area contributed by atoms with Gasteiger partial charge in [0.2, 0.25) is 0 Å². The minimum Gasteiger partial charge on any atom is -0.356 e. The Hall–Kier alpha value is -9.50. The predicted molar refractivity (Wildman–Crippen MR) is 309 cm³/mol. The van der Waals surface area contributed by atoms with Crippen LogP contribution in [0.5, 0.6) is 0 Å². The first-order valence-electron chi connectivity index (χ1n) is 25.6. The zero-order valence-electron chi connectivity index (χ0n) is 40.7. The predicted octanol–water partition coefficient (Wildman–Crippen LogP) is 18.4. The van der Waals surface area contributed by atoms with E-state index >= 15 is 0 Å². The second-order valence-corrected chi connectivity index (χ2v) is 19.7. The average molecular weight is 943 g/mol. The zero-order chi connectivity index (χ0) is 49.1. The van der Waals surface area contributed by atoms with E-state index in [-0.39, 0.29) is 0 Å². The first kappa shape index (κ1) is 43.3. The molecule has 12 aromatic rings. The summed E-state index contributed by atoms with van der Waals surface area (Å²) in [7, 11) is 0. The summed E-state index contributed by atoms with van der Waals surface area (Å²) in [6.45, 7) is 0. The van der Waals surface area contributed by atoms with Crippen molar-refractivity contribution >= 4 is 33.5 Å². The van der Waals surface area contributed by atoms with E-state index in [9.17, 15) is 0 Å². The van der Waals surface area contributed by atoms with Crippen molar-refractivity contribution < 1.29 is 0 Å². The molecule has 0 heterocycles. The van der Waals surface area contributed by atoms with Gasteiger partial charge in [-0.05, 0) is 149 Å². The van der Waals surface area contributed by atoms with E-state index in [2.05, 4.69) is 302 Å². The fraction of sp³-hybridized carbons (Fsp3) is 0.0278. The Bertz CT molecular complexity index is 3960. The van der Waals surface area contributed by atoms with Gasteiger partial charge in [0.1, 0.15) is 0 Å². The summed E-state index contributed by atoms with van der Waals surface area (Å²) in [5, 5.41) is 10.0. The largest absolute Gasteiger partial charge is 0.356 e. The molecule has 0 aromatic heterocycles. The normalized spacial score (nSPS) is 13.4. The zero-order valence-corrected chi connectivity index (χ0v) is 40.7. The molecular weight excluding hydrogens is 893 g/mol. The third kappa shape index (κ3) is 6.87. The number of anilines is 4. The molecule has 348 valence electrons. The molecule has 0 atom stereocenters. The van der Waals surface area contributed by atoms with Crippen molar-refractivity contribution in [3.63, 3.8) is 0 Å². The van der Waals surface area contributed by atoms with Gasteiger partial charge < -0.3 is 10.6 Å². The van der Waals surface area contributed by atoms with Crippen LogP contribution in [0, 0.1) is 0 Å². The molecule has 2 heteroatoms. The van der Waals surface area contributed by atoms with Gasteiger partial charge >= 0.3 is 0 Å². The lowest BCUT2D eigenvalue weighted by atomic mass is 9.67. The third-order valence-corrected chi connectivity index (χ3v) is 15.8. The summed E-state index contributed by atoms with van der Waals surface area (Å²) >= 11 is 0. The van der Waals surface area contributed by atoms with Crippen LogP contribution in [-0.4, -0.2) is 0 Å². The van der Waals surface area contributed by atoms with Gasteiger partial charge in [0.05, 0.1) is 10.8 Å². The molecule has 0 amide bonds. The topological polar surface area (TPSA) is 24.1 Å². The highest BCUT2D eigenvalue weighted by Gasteiger charge is 2.47. The van der Waals surface area contributed by atoms with Gasteiger partial charge in [-0.3, -0.25) is 0 Å². The number of hydrogen-bond acceptors (Lipinski definition) is 2. The van der Waals surface area contributed by atoms with E-state index in [0.29, 0.717) is 0 Å². The maximum Gasteiger partial charge on any atom is 0.0714 e.